The second-order valence-electron chi connectivity index (χ2n) is 18.7. The first-order chi connectivity index (χ1) is 34.2. The van der Waals surface area contributed by atoms with Crippen molar-refractivity contribution in [1.29, 1.82) is 0 Å². The molecule has 0 fully saturated rings. The Balaban J connectivity index is 1.00. The molecule has 69 heavy (non-hydrogen) atoms. The third kappa shape index (κ3) is 5.31. The Morgan fingerprint density at radius 2 is 0.841 bits per heavy atom. The van der Waals surface area contributed by atoms with Crippen molar-refractivity contribution in [3.63, 3.8) is 0 Å². The van der Waals surface area contributed by atoms with Crippen LogP contribution in [0.1, 0.15) is 22.3 Å². The second-order valence-corrected chi connectivity index (χ2v) is 18.7. The first kappa shape index (κ1) is 38.2. The molecule has 1 heterocycles. The number of benzene rings is 12. The van der Waals surface area contributed by atoms with Gasteiger partial charge in [0.25, 0.3) is 0 Å². The molecule has 2 aliphatic carbocycles. The predicted molar refractivity (Wildman–Crippen MR) is 288 cm³/mol. The monoisotopic (exact) mass is 875 g/mol. The highest BCUT2D eigenvalue weighted by Crippen LogP contribution is 2.65. The quantitative estimate of drug-likeness (QED) is 0.160. The smallest absolute Gasteiger partial charge is 0.136 e. The lowest BCUT2D eigenvalue weighted by molar-refractivity contribution is 0.669. The van der Waals surface area contributed by atoms with Crippen LogP contribution in [0.25, 0.3) is 98.8 Å². The predicted octanol–water partition coefficient (Wildman–Crippen LogP) is 18.2. The fourth-order valence-corrected chi connectivity index (χ4v) is 12.4. The van der Waals surface area contributed by atoms with Crippen LogP contribution in [0.3, 0.4) is 0 Å². The second kappa shape index (κ2) is 14.5. The van der Waals surface area contributed by atoms with Crippen LogP contribution in [-0.4, -0.2) is 0 Å². The van der Waals surface area contributed by atoms with E-state index in [-0.39, 0.29) is 0 Å². The minimum atomic E-state index is -0.481. The molecule has 1 spiro atoms. The summed E-state index contributed by atoms with van der Waals surface area (Å²) in [6.45, 7) is 0. The van der Waals surface area contributed by atoms with E-state index < -0.39 is 5.41 Å². The van der Waals surface area contributed by atoms with Crippen LogP contribution in [0.2, 0.25) is 0 Å². The Bertz CT molecular complexity index is 4220. The maximum atomic E-state index is 6.70. The van der Waals surface area contributed by atoms with Gasteiger partial charge in [0, 0.05) is 27.6 Å². The molecule has 0 bridgehead atoms. The highest BCUT2D eigenvalue weighted by Gasteiger charge is 2.52. The Morgan fingerprint density at radius 1 is 0.304 bits per heavy atom. The van der Waals surface area contributed by atoms with Crippen molar-refractivity contribution in [2.75, 3.05) is 4.90 Å². The molecule has 0 aliphatic heterocycles. The first-order valence-electron chi connectivity index (χ1n) is 23.9. The van der Waals surface area contributed by atoms with E-state index in [2.05, 4.69) is 254 Å². The van der Waals surface area contributed by atoms with Crippen molar-refractivity contribution in [2.45, 2.75) is 5.41 Å². The first-order valence-corrected chi connectivity index (χ1v) is 23.9. The number of anilines is 3. The van der Waals surface area contributed by atoms with Crippen molar-refractivity contribution >= 4 is 71.3 Å². The van der Waals surface area contributed by atoms with E-state index in [1.165, 1.54) is 88.0 Å². The maximum absolute atomic E-state index is 6.70. The van der Waals surface area contributed by atoms with Gasteiger partial charge in [-0.15, -0.1) is 0 Å². The number of nitrogens with zero attached hydrogens (tertiary/aromatic N) is 1. The van der Waals surface area contributed by atoms with Gasteiger partial charge in [0.15, 0.2) is 0 Å². The summed E-state index contributed by atoms with van der Waals surface area (Å²) in [6, 6.07) is 92.0. The average Bonchev–Trinajstić information content (AvgIpc) is 4.04. The van der Waals surface area contributed by atoms with Crippen LogP contribution >= 0.6 is 0 Å². The van der Waals surface area contributed by atoms with Gasteiger partial charge in [0.2, 0.25) is 0 Å². The van der Waals surface area contributed by atoms with Crippen molar-refractivity contribution in [1.82, 2.24) is 0 Å². The van der Waals surface area contributed by atoms with Gasteiger partial charge < -0.3 is 9.32 Å². The minimum Gasteiger partial charge on any atom is -0.456 e. The molecular formula is C67H41NO. The molecule has 1 aromatic heterocycles. The zero-order chi connectivity index (χ0) is 45.2. The van der Waals surface area contributed by atoms with Crippen molar-refractivity contribution in [3.05, 3.63) is 271 Å². The van der Waals surface area contributed by atoms with Crippen LogP contribution in [-0.2, 0) is 5.41 Å². The summed E-state index contributed by atoms with van der Waals surface area (Å²) in [6.07, 6.45) is 0. The zero-order valence-corrected chi connectivity index (χ0v) is 37.5. The summed E-state index contributed by atoms with van der Waals surface area (Å²) >= 11 is 0. The topological polar surface area (TPSA) is 16.4 Å². The SMILES string of the molecule is c1ccc(N(c2ccc(-c3cc4ccccc4c4ccccc34)cc2)c2cccc3c2-c2ccccc2C32c3ccccc3-c3ccccc32)c(-c2cccc3oc4cc5ccccc5cc4c23)c1. The summed E-state index contributed by atoms with van der Waals surface area (Å²) in [4.78, 5) is 2.52. The van der Waals surface area contributed by atoms with Crippen LogP contribution in [0.4, 0.5) is 17.1 Å². The Morgan fingerprint density at radius 3 is 1.59 bits per heavy atom. The number of hydrogen-bond acceptors (Lipinski definition) is 2. The van der Waals surface area contributed by atoms with E-state index in [4.69, 9.17) is 4.42 Å². The van der Waals surface area contributed by atoms with E-state index in [0.29, 0.717) is 0 Å². The van der Waals surface area contributed by atoms with Gasteiger partial charge in [-0.2, -0.15) is 0 Å². The Labute approximate surface area is 399 Å². The van der Waals surface area contributed by atoms with E-state index in [9.17, 15) is 0 Å². The fourth-order valence-electron chi connectivity index (χ4n) is 12.4. The number of rotatable bonds is 5. The molecular weight excluding hydrogens is 835 g/mol. The molecule has 0 unspecified atom stereocenters. The molecule has 2 heteroatoms. The van der Waals surface area contributed by atoms with Crippen molar-refractivity contribution in [3.8, 4) is 44.5 Å². The summed E-state index contributed by atoms with van der Waals surface area (Å²) in [5.74, 6) is 0. The van der Waals surface area contributed by atoms with Gasteiger partial charge in [-0.05, 0) is 136 Å². The lowest BCUT2D eigenvalue weighted by Gasteiger charge is -2.32. The largest absolute Gasteiger partial charge is 0.456 e. The van der Waals surface area contributed by atoms with Crippen molar-refractivity contribution < 1.29 is 4.42 Å². The van der Waals surface area contributed by atoms with Gasteiger partial charge in [0.1, 0.15) is 11.2 Å². The third-order valence-corrected chi connectivity index (χ3v) is 15.2. The van der Waals surface area contributed by atoms with Crippen molar-refractivity contribution in [2.24, 2.45) is 0 Å². The molecule has 2 aliphatic rings. The Kier molecular flexibility index (Phi) is 8.02. The van der Waals surface area contributed by atoms with Gasteiger partial charge in [0.05, 0.1) is 16.8 Å². The maximum Gasteiger partial charge on any atom is 0.136 e. The highest BCUT2D eigenvalue weighted by molar-refractivity contribution is 6.17. The van der Waals surface area contributed by atoms with Crippen LogP contribution < -0.4 is 4.90 Å². The number of hydrogen-bond donors (Lipinski definition) is 0. The van der Waals surface area contributed by atoms with Crippen LogP contribution in [0.15, 0.2) is 253 Å². The van der Waals surface area contributed by atoms with Crippen LogP contribution in [0, 0.1) is 0 Å². The van der Waals surface area contributed by atoms with E-state index >= 15 is 0 Å². The zero-order valence-electron chi connectivity index (χ0n) is 37.5. The summed E-state index contributed by atoms with van der Waals surface area (Å²) in [5, 5.41) is 9.62. The standard InChI is InChI=1S/C67H41NO/c1-2-18-44-41-64-56(39-43(44)17-1)65-53(27-15-34-63(65)69-64)52-25-10-14-32-61(52)68(46-37-35-42(36-38-46)55-40-45-19-3-4-20-47(45)48-21-5-6-22-49(48)55)62-33-16-31-60-66(62)54-26-9-13-30-59(54)67(60)57-28-11-7-23-50(57)51-24-8-12-29-58(51)67/h1-41H. The lowest BCUT2D eigenvalue weighted by atomic mass is 9.70. The summed E-state index contributed by atoms with van der Waals surface area (Å²) < 4.78 is 6.70. The third-order valence-electron chi connectivity index (χ3n) is 15.2. The highest BCUT2D eigenvalue weighted by atomic mass is 16.3. The molecule has 2 nitrogen and oxygen atoms in total. The lowest BCUT2D eigenvalue weighted by Crippen LogP contribution is -2.26. The minimum absolute atomic E-state index is 0.481. The molecule has 15 rings (SSSR count). The van der Waals surface area contributed by atoms with Gasteiger partial charge >= 0.3 is 0 Å². The fraction of sp³-hybridized carbons (Fsp3) is 0.0149. The molecule has 0 saturated carbocycles. The molecule has 0 atom stereocenters. The van der Waals surface area contributed by atoms with Gasteiger partial charge in [-0.3, -0.25) is 0 Å². The van der Waals surface area contributed by atoms with E-state index in [1.54, 1.807) is 0 Å². The summed E-state index contributed by atoms with van der Waals surface area (Å²) in [5.41, 5.74) is 19.6. The average molecular weight is 876 g/mol. The molecule has 0 radical (unpaired) electrons. The molecule has 13 aromatic rings. The van der Waals surface area contributed by atoms with Gasteiger partial charge in [-0.1, -0.05) is 200 Å². The summed E-state index contributed by atoms with van der Waals surface area (Å²) in [7, 11) is 0. The number of fused-ring (bicyclic) bond motifs is 17. The molecule has 12 aromatic carbocycles. The van der Waals surface area contributed by atoms with E-state index in [0.717, 1.165) is 50.1 Å². The Hall–Kier alpha value is -8.98. The molecule has 0 amide bonds. The molecule has 320 valence electrons. The normalized spacial score (nSPS) is 13.0. The number of furan rings is 1. The molecule has 0 saturated heterocycles. The van der Waals surface area contributed by atoms with E-state index in [1.807, 2.05) is 0 Å². The van der Waals surface area contributed by atoms with Crippen LogP contribution in [0.5, 0.6) is 0 Å². The number of para-hydroxylation sites is 1. The molecule has 0 N–H and O–H groups in total. The van der Waals surface area contributed by atoms with Gasteiger partial charge in [-0.25, -0.2) is 0 Å².